The highest BCUT2D eigenvalue weighted by molar-refractivity contribution is 5.87. The van der Waals surface area contributed by atoms with E-state index in [0.29, 0.717) is 37.5 Å². The highest BCUT2D eigenvalue weighted by Gasteiger charge is 2.55. The monoisotopic (exact) mass is 661 g/mol. The average Bonchev–Trinajstić information content (AvgIpc) is 3.55. The molecule has 260 valence electrons. The number of nitrogens with zero attached hydrogens (tertiary/aromatic N) is 4. The average molecular weight is 662 g/mol. The van der Waals surface area contributed by atoms with Gasteiger partial charge < -0.3 is 33.6 Å². The molecule has 4 atom stereocenters. The van der Waals surface area contributed by atoms with E-state index in [1.54, 1.807) is 20.5 Å². The standard InChI is InChI=1S/C37H51N5O6/c1-6-46-32(43)12-9-24-15-27(16-24)41(20-23-7-8-23)21-26-17-30(34-33(26)47-37(2,3)48-34)42-14-13-29-35(39-22-40-36(29)42)38-19-25-10-11-28(44-4)18-31(25)45-5/h10-11,13-14,18,22-24,26-27,30,33-34H,6-9,12,15-17,19-21H2,1-5H3,(H,38,39,40)/t24?,26-,27?,30-,33-,34+/m1/s1. The molecule has 1 aromatic carbocycles. The van der Waals surface area contributed by atoms with Gasteiger partial charge in [0.1, 0.15) is 35.4 Å². The summed E-state index contributed by atoms with van der Waals surface area (Å²) >= 11 is 0. The van der Waals surface area contributed by atoms with Crippen LogP contribution in [0.25, 0.3) is 11.0 Å². The largest absolute Gasteiger partial charge is 0.497 e. The zero-order valence-electron chi connectivity index (χ0n) is 29.0. The van der Waals surface area contributed by atoms with Crippen molar-refractivity contribution in [1.82, 2.24) is 19.4 Å². The van der Waals surface area contributed by atoms with Crippen LogP contribution in [0.15, 0.2) is 36.8 Å². The number of anilines is 1. The summed E-state index contributed by atoms with van der Waals surface area (Å²) in [6.07, 6.45) is 11.2. The zero-order chi connectivity index (χ0) is 33.4. The predicted octanol–water partition coefficient (Wildman–Crippen LogP) is 5.98. The van der Waals surface area contributed by atoms with Crippen LogP contribution in [0.1, 0.15) is 77.3 Å². The first-order valence-electron chi connectivity index (χ1n) is 17.8. The number of methoxy groups -OCH3 is 2. The van der Waals surface area contributed by atoms with E-state index in [4.69, 9.17) is 28.7 Å². The van der Waals surface area contributed by atoms with Gasteiger partial charge in [0.2, 0.25) is 0 Å². The number of benzene rings is 1. The van der Waals surface area contributed by atoms with Gasteiger partial charge in [-0.3, -0.25) is 9.69 Å². The summed E-state index contributed by atoms with van der Waals surface area (Å²) in [7, 11) is 3.32. The van der Waals surface area contributed by atoms with E-state index < -0.39 is 5.79 Å². The number of rotatable bonds is 15. The summed E-state index contributed by atoms with van der Waals surface area (Å²) in [5.74, 6) is 3.36. The van der Waals surface area contributed by atoms with Crippen molar-refractivity contribution in [3.63, 3.8) is 0 Å². The summed E-state index contributed by atoms with van der Waals surface area (Å²) in [6.45, 7) is 9.11. The van der Waals surface area contributed by atoms with Crippen molar-refractivity contribution < 1.29 is 28.5 Å². The Labute approximate surface area is 283 Å². The molecule has 1 N–H and O–H groups in total. The van der Waals surface area contributed by atoms with E-state index in [2.05, 4.69) is 32.0 Å². The number of nitrogens with one attached hydrogen (secondary N) is 1. The normalized spacial score (nSPS) is 27.5. The fraction of sp³-hybridized carbons (Fsp3) is 0.649. The lowest BCUT2D eigenvalue weighted by Gasteiger charge is -2.44. The number of aromatic nitrogens is 3. The van der Waals surface area contributed by atoms with Gasteiger partial charge in [0.15, 0.2) is 5.79 Å². The minimum Gasteiger partial charge on any atom is -0.497 e. The second kappa shape index (κ2) is 13.8. The maximum atomic E-state index is 11.9. The lowest BCUT2D eigenvalue weighted by Crippen LogP contribution is -2.48. The second-order valence-electron chi connectivity index (χ2n) is 14.6. The summed E-state index contributed by atoms with van der Waals surface area (Å²) < 4.78 is 31.7. The number of hydrogen-bond acceptors (Lipinski definition) is 10. The number of hydrogen-bond donors (Lipinski definition) is 1. The Morgan fingerprint density at radius 3 is 2.60 bits per heavy atom. The second-order valence-corrected chi connectivity index (χ2v) is 14.6. The minimum atomic E-state index is -0.635. The van der Waals surface area contributed by atoms with Gasteiger partial charge in [-0.2, -0.15) is 0 Å². The molecule has 0 radical (unpaired) electrons. The van der Waals surface area contributed by atoms with Gasteiger partial charge in [-0.1, -0.05) is 0 Å². The summed E-state index contributed by atoms with van der Waals surface area (Å²) in [4.78, 5) is 24.1. The molecule has 3 aliphatic carbocycles. The predicted molar refractivity (Wildman–Crippen MR) is 182 cm³/mol. The number of ether oxygens (including phenoxy) is 5. The lowest BCUT2D eigenvalue weighted by molar-refractivity contribution is -0.161. The quantitative estimate of drug-likeness (QED) is 0.196. The third-order valence-corrected chi connectivity index (χ3v) is 10.8. The van der Waals surface area contributed by atoms with Crippen LogP contribution >= 0.6 is 0 Å². The molecule has 0 spiro atoms. The number of carbonyl (C=O) groups is 1. The first-order valence-corrected chi connectivity index (χ1v) is 17.8. The number of esters is 1. The molecule has 11 nitrogen and oxygen atoms in total. The molecule has 1 aliphatic heterocycles. The summed E-state index contributed by atoms with van der Waals surface area (Å²) in [5.41, 5.74) is 1.91. The number of fused-ring (bicyclic) bond motifs is 2. The van der Waals surface area contributed by atoms with Gasteiger partial charge in [0.05, 0.1) is 38.4 Å². The van der Waals surface area contributed by atoms with Crippen LogP contribution in [0.5, 0.6) is 11.5 Å². The molecule has 7 rings (SSSR count). The molecule has 0 amide bonds. The van der Waals surface area contributed by atoms with E-state index in [9.17, 15) is 4.79 Å². The highest BCUT2D eigenvalue weighted by Crippen LogP contribution is 2.49. The molecule has 3 heterocycles. The maximum absolute atomic E-state index is 11.9. The molecule has 2 aromatic heterocycles. The molecule has 3 saturated carbocycles. The third kappa shape index (κ3) is 7.00. The molecule has 4 fully saturated rings. The molecular weight excluding hydrogens is 610 g/mol. The topological polar surface area (TPSA) is 109 Å². The Morgan fingerprint density at radius 2 is 1.85 bits per heavy atom. The van der Waals surface area contributed by atoms with Crippen LogP contribution in [-0.2, 0) is 25.5 Å². The van der Waals surface area contributed by atoms with Crippen molar-refractivity contribution in [3.8, 4) is 11.5 Å². The van der Waals surface area contributed by atoms with Crippen LogP contribution < -0.4 is 14.8 Å². The molecular formula is C37H51N5O6. The van der Waals surface area contributed by atoms with E-state index in [-0.39, 0.29) is 24.2 Å². The summed E-state index contributed by atoms with van der Waals surface area (Å²) in [6, 6.07) is 8.62. The van der Waals surface area contributed by atoms with Crippen LogP contribution in [0, 0.1) is 17.8 Å². The summed E-state index contributed by atoms with van der Waals surface area (Å²) in [5, 5.41) is 4.49. The van der Waals surface area contributed by atoms with Crippen LogP contribution in [0.2, 0.25) is 0 Å². The van der Waals surface area contributed by atoms with E-state index in [1.165, 1.54) is 12.8 Å². The zero-order valence-corrected chi connectivity index (χ0v) is 29.0. The highest BCUT2D eigenvalue weighted by atomic mass is 16.8. The molecule has 0 unspecified atom stereocenters. The Morgan fingerprint density at radius 1 is 1.04 bits per heavy atom. The third-order valence-electron chi connectivity index (χ3n) is 10.8. The van der Waals surface area contributed by atoms with Crippen molar-refractivity contribution in [2.75, 3.05) is 39.2 Å². The maximum Gasteiger partial charge on any atom is 0.305 e. The molecule has 1 saturated heterocycles. The van der Waals surface area contributed by atoms with Crippen molar-refractivity contribution in [1.29, 1.82) is 0 Å². The molecule has 4 aliphatic rings. The lowest BCUT2D eigenvalue weighted by atomic mass is 9.76. The van der Waals surface area contributed by atoms with E-state index in [0.717, 1.165) is 78.6 Å². The van der Waals surface area contributed by atoms with Crippen LogP contribution in [0.4, 0.5) is 5.82 Å². The minimum absolute atomic E-state index is 0.0193. The van der Waals surface area contributed by atoms with Crippen molar-refractivity contribution >= 4 is 22.8 Å². The van der Waals surface area contributed by atoms with Gasteiger partial charge >= 0.3 is 5.97 Å². The first-order chi connectivity index (χ1) is 23.2. The SMILES string of the molecule is CCOC(=O)CCC1CC(N(CC2CC2)C[C@H]2C[C@@H](n3ccc4c(NCc5ccc(OC)cc5OC)ncnc43)[C@@H]3OC(C)(C)O[C@H]23)C1. The number of carbonyl (C=O) groups excluding carboxylic acids is 1. The van der Waals surface area contributed by atoms with Crippen molar-refractivity contribution in [2.24, 2.45) is 17.8 Å². The fourth-order valence-corrected chi connectivity index (χ4v) is 8.16. The van der Waals surface area contributed by atoms with Gasteiger partial charge in [-0.05, 0) is 89.3 Å². The van der Waals surface area contributed by atoms with Crippen LogP contribution in [0.3, 0.4) is 0 Å². The molecule has 11 heteroatoms. The van der Waals surface area contributed by atoms with Crippen molar-refractivity contribution in [2.45, 2.75) is 102 Å². The van der Waals surface area contributed by atoms with Gasteiger partial charge in [0.25, 0.3) is 0 Å². The van der Waals surface area contributed by atoms with Crippen molar-refractivity contribution in [3.05, 3.63) is 42.4 Å². The van der Waals surface area contributed by atoms with Gasteiger partial charge in [-0.25, -0.2) is 9.97 Å². The Balaban J connectivity index is 1.06. The first kappa shape index (κ1) is 33.1. The molecule has 48 heavy (non-hydrogen) atoms. The van der Waals surface area contributed by atoms with Crippen LogP contribution in [-0.4, -0.2) is 83.4 Å². The molecule has 0 bridgehead atoms. The smallest absolute Gasteiger partial charge is 0.305 e. The van der Waals surface area contributed by atoms with Gasteiger partial charge in [-0.15, -0.1) is 0 Å². The van der Waals surface area contributed by atoms with E-state index in [1.807, 2.05) is 39.0 Å². The molecule has 3 aromatic rings. The van der Waals surface area contributed by atoms with E-state index >= 15 is 0 Å². The Kier molecular flexibility index (Phi) is 9.54. The Hall–Kier alpha value is -3.41. The Bertz CT molecular complexity index is 1580. The fourth-order valence-electron chi connectivity index (χ4n) is 8.16. The van der Waals surface area contributed by atoms with Gasteiger partial charge in [0, 0.05) is 55.8 Å².